The summed E-state index contributed by atoms with van der Waals surface area (Å²) in [7, 11) is 0. The Kier molecular flexibility index (Phi) is 8.58. The number of rotatable bonds is 9. The van der Waals surface area contributed by atoms with Crippen LogP contribution < -0.4 is 15.5 Å². The first kappa shape index (κ1) is 28.5. The van der Waals surface area contributed by atoms with Gasteiger partial charge in [-0.15, -0.1) is 0 Å². The zero-order valence-corrected chi connectivity index (χ0v) is 21.9. The highest BCUT2D eigenvalue weighted by atomic mass is 19.4. The fourth-order valence-electron chi connectivity index (χ4n) is 5.10. The molecule has 4 rings (SSSR count). The number of amides is 2. The minimum atomic E-state index is -4.57. The van der Waals surface area contributed by atoms with Gasteiger partial charge < -0.3 is 26.0 Å². The number of aromatic nitrogens is 1. The van der Waals surface area contributed by atoms with E-state index >= 15 is 0 Å². The lowest BCUT2D eigenvalue weighted by molar-refractivity contribution is -0.137. The van der Waals surface area contributed by atoms with Crippen molar-refractivity contribution in [1.82, 2.24) is 15.6 Å². The maximum Gasteiger partial charge on any atom is 0.416 e. The summed E-state index contributed by atoms with van der Waals surface area (Å²) in [6.45, 7) is 3.38. The molecule has 2 amide bonds. The maximum absolute atomic E-state index is 12.9. The van der Waals surface area contributed by atoms with Crippen LogP contribution >= 0.6 is 0 Å². The lowest BCUT2D eigenvalue weighted by Gasteiger charge is -2.37. The topological polar surface area (TPSA) is 118 Å². The molecule has 2 aromatic rings. The number of alkyl halides is 3. The number of carbonyl (C=O) groups excluding carboxylic acids is 2. The molecule has 11 heteroatoms. The van der Waals surface area contributed by atoms with E-state index in [2.05, 4.69) is 20.5 Å². The first-order valence-electron chi connectivity index (χ1n) is 13.2. The highest BCUT2D eigenvalue weighted by Crippen LogP contribution is 2.40. The minimum absolute atomic E-state index is 0.00133. The second-order valence-electron chi connectivity index (χ2n) is 10.5. The Morgan fingerprint density at radius 1 is 1.21 bits per heavy atom. The van der Waals surface area contributed by atoms with Crippen LogP contribution in [-0.2, 0) is 16.6 Å². The molecule has 2 heterocycles. The number of pyridine rings is 1. The number of halogens is 3. The van der Waals surface area contributed by atoms with E-state index in [0.717, 1.165) is 42.7 Å². The summed E-state index contributed by atoms with van der Waals surface area (Å²) >= 11 is 0. The Morgan fingerprint density at radius 3 is 2.51 bits per heavy atom. The van der Waals surface area contributed by atoms with Crippen molar-refractivity contribution in [2.24, 2.45) is 5.92 Å². The maximum atomic E-state index is 12.9. The Labute approximate surface area is 225 Å². The zero-order chi connectivity index (χ0) is 28.2. The number of hydrogen-bond acceptors (Lipinski definition) is 6. The number of nitrogens with one attached hydrogen (secondary N) is 3. The third-order valence-electron chi connectivity index (χ3n) is 7.57. The fourth-order valence-corrected chi connectivity index (χ4v) is 5.10. The van der Waals surface area contributed by atoms with Gasteiger partial charge in [0, 0.05) is 48.6 Å². The van der Waals surface area contributed by atoms with E-state index in [0.29, 0.717) is 37.8 Å². The third-order valence-corrected chi connectivity index (χ3v) is 7.57. The van der Waals surface area contributed by atoms with Crippen LogP contribution in [-0.4, -0.2) is 53.3 Å². The highest BCUT2D eigenvalue weighted by Gasteiger charge is 2.37. The summed E-state index contributed by atoms with van der Waals surface area (Å²) in [4.78, 5) is 31.2. The molecule has 210 valence electrons. The SMILES string of the molecule is C[C@H](CC(=N)C1CCC(O)(c2ccc(N3CCC3)nc2)CC1)NC(=O)CNC(=O)c1cccc(C(F)(F)F)c1. The summed E-state index contributed by atoms with van der Waals surface area (Å²) in [5, 5.41) is 24.8. The van der Waals surface area contributed by atoms with Gasteiger partial charge in [0.2, 0.25) is 5.91 Å². The normalized spacial score (nSPS) is 22.0. The number of benzene rings is 1. The van der Waals surface area contributed by atoms with Crippen LogP contribution in [0.2, 0.25) is 0 Å². The molecule has 1 aliphatic carbocycles. The summed E-state index contributed by atoms with van der Waals surface area (Å²) < 4.78 is 38.6. The molecule has 0 bridgehead atoms. The standard InChI is InChI=1S/C28H34F3N5O3/c1-18(35-25(37)17-34-26(38)20-4-2-5-21(15-20)28(29,30)31)14-23(32)19-8-10-27(39,11-9-19)22-6-7-24(33-16-22)36-12-3-13-36/h2,4-7,15-16,18-19,32,39H,3,8-14,17H2,1H3,(H,34,38)(H,35,37)/t18-,19?,27?/m1/s1. The van der Waals surface area contributed by atoms with Crippen LogP contribution in [0.3, 0.4) is 0 Å². The van der Waals surface area contributed by atoms with Crippen LogP contribution in [0.25, 0.3) is 0 Å². The fraction of sp³-hybridized carbons (Fsp3) is 0.500. The average molecular weight is 546 g/mol. The van der Waals surface area contributed by atoms with Crippen molar-refractivity contribution >= 4 is 23.3 Å². The number of hydrogen-bond donors (Lipinski definition) is 4. The number of aliphatic hydroxyl groups is 1. The molecule has 0 unspecified atom stereocenters. The van der Waals surface area contributed by atoms with Gasteiger partial charge in [-0.05, 0) is 69.2 Å². The summed E-state index contributed by atoms with van der Waals surface area (Å²) in [6.07, 6.45) is 1.02. The van der Waals surface area contributed by atoms with Gasteiger partial charge in [0.05, 0.1) is 17.7 Å². The van der Waals surface area contributed by atoms with E-state index < -0.39 is 35.7 Å². The molecule has 1 saturated carbocycles. The van der Waals surface area contributed by atoms with E-state index in [1.807, 2.05) is 12.1 Å². The van der Waals surface area contributed by atoms with Crippen molar-refractivity contribution in [2.75, 3.05) is 24.5 Å². The molecule has 0 radical (unpaired) electrons. The Hall–Kier alpha value is -3.47. The highest BCUT2D eigenvalue weighted by molar-refractivity contribution is 5.96. The van der Waals surface area contributed by atoms with Crippen LogP contribution in [0, 0.1) is 11.3 Å². The van der Waals surface area contributed by atoms with Gasteiger partial charge in [0.25, 0.3) is 5.91 Å². The molecule has 4 N–H and O–H groups in total. The van der Waals surface area contributed by atoms with Crippen molar-refractivity contribution in [1.29, 1.82) is 5.41 Å². The third kappa shape index (κ3) is 7.14. The van der Waals surface area contributed by atoms with E-state index in [1.165, 1.54) is 12.5 Å². The molecule has 1 aromatic carbocycles. The second-order valence-corrected chi connectivity index (χ2v) is 10.5. The Bertz CT molecular complexity index is 1190. The first-order chi connectivity index (χ1) is 18.4. The number of carbonyl (C=O) groups is 2. The van der Waals surface area contributed by atoms with Gasteiger partial charge in [-0.1, -0.05) is 12.1 Å². The van der Waals surface area contributed by atoms with E-state index in [-0.39, 0.29) is 17.5 Å². The first-order valence-corrected chi connectivity index (χ1v) is 13.2. The molecule has 1 atom stereocenters. The molecule has 0 spiro atoms. The molecule has 2 aliphatic rings. The molecule has 1 aliphatic heterocycles. The predicted octanol–water partition coefficient (Wildman–Crippen LogP) is 4.03. The quantitative estimate of drug-likeness (QED) is 0.355. The van der Waals surface area contributed by atoms with Crippen molar-refractivity contribution < 1.29 is 27.9 Å². The molecule has 2 fully saturated rings. The molecule has 1 aromatic heterocycles. The molecule has 39 heavy (non-hydrogen) atoms. The lowest BCUT2D eigenvalue weighted by Crippen LogP contribution is -2.42. The number of nitrogens with zero attached hydrogens (tertiary/aromatic N) is 2. The van der Waals surface area contributed by atoms with Crippen LogP contribution in [0.5, 0.6) is 0 Å². The average Bonchev–Trinajstić information content (AvgIpc) is 2.86. The van der Waals surface area contributed by atoms with Crippen molar-refractivity contribution in [3.63, 3.8) is 0 Å². The van der Waals surface area contributed by atoms with E-state index in [9.17, 15) is 27.9 Å². The summed E-state index contributed by atoms with van der Waals surface area (Å²) in [6, 6.07) is 7.52. The van der Waals surface area contributed by atoms with Crippen molar-refractivity contribution in [2.45, 2.75) is 63.3 Å². The van der Waals surface area contributed by atoms with Gasteiger partial charge in [0.15, 0.2) is 0 Å². The Balaban J connectivity index is 1.20. The largest absolute Gasteiger partial charge is 0.416 e. The van der Waals surface area contributed by atoms with E-state index in [4.69, 9.17) is 5.41 Å². The zero-order valence-electron chi connectivity index (χ0n) is 21.9. The Morgan fingerprint density at radius 2 is 1.92 bits per heavy atom. The summed E-state index contributed by atoms with van der Waals surface area (Å²) in [5.41, 5.74) is -0.805. The van der Waals surface area contributed by atoms with Gasteiger partial charge in [-0.25, -0.2) is 4.98 Å². The van der Waals surface area contributed by atoms with Gasteiger partial charge >= 0.3 is 6.18 Å². The molecule has 1 saturated heterocycles. The second kappa shape index (κ2) is 11.7. The monoisotopic (exact) mass is 545 g/mol. The minimum Gasteiger partial charge on any atom is -0.385 e. The molecular formula is C28H34F3N5O3. The van der Waals surface area contributed by atoms with Gasteiger partial charge in [-0.2, -0.15) is 13.2 Å². The molecule has 8 nitrogen and oxygen atoms in total. The van der Waals surface area contributed by atoms with Crippen molar-refractivity contribution in [3.05, 3.63) is 59.3 Å². The van der Waals surface area contributed by atoms with Crippen LogP contribution in [0.4, 0.5) is 19.0 Å². The van der Waals surface area contributed by atoms with Crippen molar-refractivity contribution in [3.8, 4) is 0 Å². The van der Waals surface area contributed by atoms with Crippen LogP contribution in [0.1, 0.15) is 66.9 Å². The van der Waals surface area contributed by atoms with Gasteiger partial charge in [0.1, 0.15) is 5.82 Å². The smallest absolute Gasteiger partial charge is 0.385 e. The predicted molar refractivity (Wildman–Crippen MR) is 141 cm³/mol. The molecular weight excluding hydrogens is 511 g/mol. The van der Waals surface area contributed by atoms with Gasteiger partial charge in [-0.3, -0.25) is 9.59 Å². The summed E-state index contributed by atoms with van der Waals surface area (Å²) in [5.74, 6) is -0.353. The lowest BCUT2D eigenvalue weighted by atomic mass is 9.73. The van der Waals surface area contributed by atoms with Crippen LogP contribution in [0.15, 0.2) is 42.6 Å². The van der Waals surface area contributed by atoms with E-state index in [1.54, 1.807) is 13.1 Å². The number of anilines is 1.